The maximum absolute atomic E-state index is 13.0. The number of nitrogens with one attached hydrogen (secondary N) is 1. The zero-order valence-electron chi connectivity index (χ0n) is 18.5. The number of hydrogen-bond acceptors (Lipinski definition) is 4. The zero-order chi connectivity index (χ0) is 22.8. The molecule has 2 atom stereocenters. The SMILES string of the molecule is N#Cc1ccc(-c2cc3n(c2)Cc2cc(N4C[C@H]5CNC[C@H]5C4=O)ccc2-n2ccnc2-3)cc1. The van der Waals surface area contributed by atoms with E-state index in [0.717, 1.165) is 59.2 Å². The van der Waals surface area contributed by atoms with Crippen molar-refractivity contribution in [3.05, 3.63) is 78.2 Å². The summed E-state index contributed by atoms with van der Waals surface area (Å²) >= 11 is 0. The zero-order valence-corrected chi connectivity index (χ0v) is 18.5. The Labute approximate surface area is 196 Å². The van der Waals surface area contributed by atoms with E-state index in [1.54, 1.807) is 0 Å². The Morgan fingerprint density at radius 1 is 1.06 bits per heavy atom. The van der Waals surface area contributed by atoms with E-state index in [9.17, 15) is 4.79 Å². The largest absolute Gasteiger partial charge is 0.340 e. The third-order valence-electron chi connectivity index (χ3n) is 7.43. The van der Waals surface area contributed by atoms with Crippen LogP contribution < -0.4 is 10.2 Å². The molecule has 2 fully saturated rings. The van der Waals surface area contributed by atoms with Crippen molar-refractivity contribution in [3.63, 3.8) is 0 Å². The fourth-order valence-electron chi connectivity index (χ4n) is 5.67. The van der Waals surface area contributed by atoms with Crippen molar-refractivity contribution in [1.82, 2.24) is 19.4 Å². The maximum Gasteiger partial charge on any atom is 0.231 e. The van der Waals surface area contributed by atoms with Gasteiger partial charge in [-0.1, -0.05) is 12.1 Å². The summed E-state index contributed by atoms with van der Waals surface area (Å²) in [7, 11) is 0. The Bertz CT molecular complexity index is 1490. The molecular formula is C27H22N6O. The topological polar surface area (TPSA) is 78.9 Å². The Morgan fingerprint density at radius 3 is 2.76 bits per heavy atom. The molecule has 3 aliphatic heterocycles. The van der Waals surface area contributed by atoms with Crippen molar-refractivity contribution < 1.29 is 4.79 Å². The average molecular weight is 447 g/mol. The molecule has 7 nitrogen and oxygen atoms in total. The number of rotatable bonds is 2. The van der Waals surface area contributed by atoms with Gasteiger partial charge in [-0.25, -0.2) is 4.98 Å². The quantitative estimate of drug-likeness (QED) is 0.451. The van der Waals surface area contributed by atoms with Crippen LogP contribution in [-0.2, 0) is 11.3 Å². The highest BCUT2D eigenvalue weighted by Gasteiger charge is 2.43. The number of carbonyl (C=O) groups is 1. The van der Waals surface area contributed by atoms with Gasteiger partial charge in [0.25, 0.3) is 0 Å². The highest BCUT2D eigenvalue weighted by molar-refractivity contribution is 5.98. The highest BCUT2D eigenvalue weighted by atomic mass is 16.2. The molecule has 5 heterocycles. The molecule has 4 aromatic rings. The first-order chi connectivity index (χ1) is 16.7. The third kappa shape index (κ3) is 2.79. The standard InChI is InChI=1S/C27H22N6O/c28-11-17-1-3-18(4-2-17)19-10-25-26-30-7-8-32(26)24-6-5-22(9-20(24)15-31(25)14-19)33-16-21-12-29-13-23(21)27(33)34/h1-10,14,21,23,29H,12-13,15-16H2/t21-,23-/m1/s1. The minimum Gasteiger partial charge on any atom is -0.340 e. The molecule has 0 saturated carbocycles. The van der Waals surface area contributed by atoms with Crippen LogP contribution in [0.3, 0.4) is 0 Å². The molecule has 0 spiro atoms. The summed E-state index contributed by atoms with van der Waals surface area (Å²) in [5.41, 5.74) is 7.06. The van der Waals surface area contributed by atoms with E-state index in [1.165, 1.54) is 0 Å². The molecule has 0 aliphatic carbocycles. The van der Waals surface area contributed by atoms with Crippen LogP contribution in [0.2, 0.25) is 0 Å². The summed E-state index contributed by atoms with van der Waals surface area (Å²) in [6.07, 6.45) is 5.97. The lowest BCUT2D eigenvalue weighted by molar-refractivity contribution is -0.120. The fourth-order valence-corrected chi connectivity index (χ4v) is 5.67. The number of aromatic nitrogens is 3. The number of imidazole rings is 1. The van der Waals surface area contributed by atoms with Crippen molar-refractivity contribution in [2.24, 2.45) is 11.8 Å². The Morgan fingerprint density at radius 2 is 1.94 bits per heavy atom. The second-order valence-electron chi connectivity index (χ2n) is 9.34. The van der Waals surface area contributed by atoms with Gasteiger partial charge >= 0.3 is 0 Å². The molecule has 1 amide bonds. The van der Waals surface area contributed by atoms with Crippen LogP contribution in [0, 0.1) is 23.2 Å². The van der Waals surface area contributed by atoms with Crippen molar-refractivity contribution in [1.29, 1.82) is 5.26 Å². The van der Waals surface area contributed by atoms with Crippen LogP contribution in [-0.4, -0.2) is 39.7 Å². The summed E-state index contributed by atoms with van der Waals surface area (Å²) in [5, 5.41) is 12.5. The predicted molar refractivity (Wildman–Crippen MR) is 128 cm³/mol. The van der Waals surface area contributed by atoms with Gasteiger partial charge in [0.2, 0.25) is 5.91 Å². The molecule has 0 radical (unpaired) electrons. The van der Waals surface area contributed by atoms with Gasteiger partial charge in [0.15, 0.2) is 5.82 Å². The summed E-state index contributed by atoms with van der Waals surface area (Å²) in [4.78, 5) is 19.7. The highest BCUT2D eigenvalue weighted by Crippen LogP contribution is 2.37. The second-order valence-corrected chi connectivity index (χ2v) is 9.34. The van der Waals surface area contributed by atoms with E-state index in [1.807, 2.05) is 41.6 Å². The minimum absolute atomic E-state index is 0.102. The number of nitrogens with zero attached hydrogens (tertiary/aromatic N) is 5. The van der Waals surface area contributed by atoms with Gasteiger partial charge in [0.1, 0.15) is 0 Å². The van der Waals surface area contributed by atoms with Crippen molar-refractivity contribution in [3.8, 4) is 34.4 Å². The number of hydrogen-bond donors (Lipinski definition) is 1. The van der Waals surface area contributed by atoms with E-state index in [-0.39, 0.29) is 11.8 Å². The Hall–Kier alpha value is -4.15. The van der Waals surface area contributed by atoms with Crippen LogP contribution in [0.4, 0.5) is 5.69 Å². The second kappa shape index (κ2) is 7.17. The van der Waals surface area contributed by atoms with Gasteiger partial charge in [-0.15, -0.1) is 0 Å². The van der Waals surface area contributed by atoms with Gasteiger partial charge in [-0.05, 0) is 47.5 Å². The number of fused-ring (bicyclic) bond motifs is 6. The van der Waals surface area contributed by atoms with Gasteiger partial charge in [-0.2, -0.15) is 5.26 Å². The van der Waals surface area contributed by atoms with Crippen LogP contribution in [0.1, 0.15) is 11.1 Å². The number of carbonyl (C=O) groups excluding carboxylic acids is 1. The van der Waals surface area contributed by atoms with Gasteiger partial charge < -0.3 is 14.8 Å². The molecular weight excluding hydrogens is 424 g/mol. The summed E-state index contributed by atoms with van der Waals surface area (Å²) in [6.45, 7) is 3.17. The van der Waals surface area contributed by atoms with Crippen LogP contribution >= 0.6 is 0 Å². The molecule has 2 aromatic carbocycles. The number of nitriles is 1. The van der Waals surface area contributed by atoms with Crippen molar-refractivity contribution in [2.45, 2.75) is 6.54 Å². The van der Waals surface area contributed by atoms with E-state index in [4.69, 9.17) is 5.26 Å². The lowest BCUT2D eigenvalue weighted by Crippen LogP contribution is -2.30. The van der Waals surface area contributed by atoms with Gasteiger partial charge in [-0.3, -0.25) is 9.36 Å². The Balaban J connectivity index is 1.30. The number of benzene rings is 2. The average Bonchev–Trinajstić information content (AvgIpc) is 3.64. The molecule has 1 N–H and O–H groups in total. The Kier molecular flexibility index (Phi) is 4.08. The van der Waals surface area contributed by atoms with E-state index in [0.29, 0.717) is 18.0 Å². The van der Waals surface area contributed by atoms with Gasteiger partial charge in [0, 0.05) is 61.9 Å². The van der Waals surface area contributed by atoms with Crippen molar-refractivity contribution >= 4 is 11.6 Å². The van der Waals surface area contributed by atoms with E-state index in [2.05, 4.69) is 56.0 Å². The monoisotopic (exact) mass is 446 g/mol. The molecule has 166 valence electrons. The molecule has 0 bridgehead atoms. The van der Waals surface area contributed by atoms with E-state index < -0.39 is 0 Å². The summed E-state index contributed by atoms with van der Waals surface area (Å²) in [6, 6.07) is 18.3. The van der Waals surface area contributed by atoms with Crippen LogP contribution in [0.15, 0.2) is 67.1 Å². The van der Waals surface area contributed by atoms with E-state index >= 15 is 0 Å². The summed E-state index contributed by atoms with van der Waals surface area (Å²) < 4.78 is 4.36. The summed E-state index contributed by atoms with van der Waals surface area (Å²) in [5.74, 6) is 1.63. The first kappa shape index (κ1) is 19.3. The molecule has 0 unspecified atom stereocenters. The molecule has 3 aliphatic rings. The maximum atomic E-state index is 13.0. The van der Waals surface area contributed by atoms with Crippen molar-refractivity contribution in [2.75, 3.05) is 24.5 Å². The molecule has 2 saturated heterocycles. The third-order valence-corrected chi connectivity index (χ3v) is 7.43. The van der Waals surface area contributed by atoms with Crippen LogP contribution in [0.25, 0.3) is 28.3 Å². The predicted octanol–water partition coefficient (Wildman–Crippen LogP) is 3.42. The smallest absolute Gasteiger partial charge is 0.231 e. The van der Waals surface area contributed by atoms with Crippen LogP contribution in [0.5, 0.6) is 0 Å². The number of anilines is 1. The molecule has 34 heavy (non-hydrogen) atoms. The first-order valence-electron chi connectivity index (χ1n) is 11.6. The molecule has 7 heteroatoms. The fraction of sp³-hybridized carbons (Fsp3) is 0.222. The number of amides is 1. The minimum atomic E-state index is 0.102. The normalized spacial score (nSPS) is 20.3. The van der Waals surface area contributed by atoms with Gasteiger partial charge in [0.05, 0.1) is 28.9 Å². The lowest BCUT2D eigenvalue weighted by Gasteiger charge is -2.20. The molecule has 7 rings (SSSR count). The lowest BCUT2D eigenvalue weighted by atomic mass is 10.0. The first-order valence-corrected chi connectivity index (χ1v) is 11.6. The molecule has 2 aromatic heterocycles.